The molecule has 0 spiro atoms. The third-order valence-electron chi connectivity index (χ3n) is 2.15. The van der Waals surface area contributed by atoms with Gasteiger partial charge in [0.25, 0.3) is 0 Å². The highest BCUT2D eigenvalue weighted by molar-refractivity contribution is 4.79. The lowest BCUT2D eigenvalue weighted by Crippen LogP contribution is -2.36. The molecule has 4 heteroatoms. The highest BCUT2D eigenvalue weighted by atomic mass is 19.4. The lowest BCUT2D eigenvalue weighted by molar-refractivity contribution is -0.207. The molecule has 0 heterocycles. The maximum Gasteiger partial charge on any atom is 0.394 e. The molecule has 0 bridgehead atoms. The fourth-order valence-electron chi connectivity index (χ4n) is 1.49. The van der Waals surface area contributed by atoms with Gasteiger partial charge in [0.15, 0.2) is 0 Å². The monoisotopic (exact) mass is 168 g/mol. The molecule has 0 aliphatic heterocycles. The molecule has 0 amide bonds. The van der Waals surface area contributed by atoms with E-state index >= 15 is 0 Å². The van der Waals surface area contributed by atoms with Gasteiger partial charge in [0, 0.05) is 0 Å². The van der Waals surface area contributed by atoms with Crippen LogP contribution in [0.5, 0.6) is 0 Å². The van der Waals surface area contributed by atoms with Gasteiger partial charge in [0.1, 0.15) is 0 Å². The zero-order chi connectivity index (χ0) is 8.48. The molecular weight excluding hydrogens is 157 g/mol. The Hall–Kier alpha value is -0.250. The summed E-state index contributed by atoms with van der Waals surface area (Å²) in [5, 5.41) is 8.98. The molecular formula is C7H11F3O. The standard InChI is InChI=1S/C7H11F3O/c8-7(9,10)5-3-1-2-4-6(5)11/h5-6,11H,1-4H2/t5-,6?/m0/s1. The molecule has 0 aromatic carbocycles. The number of hydrogen-bond donors (Lipinski definition) is 1. The van der Waals surface area contributed by atoms with Gasteiger partial charge in [0.05, 0.1) is 12.0 Å². The SMILES string of the molecule is OC1CCCC[C@@H]1C(F)(F)F. The summed E-state index contributed by atoms with van der Waals surface area (Å²) in [4.78, 5) is 0. The summed E-state index contributed by atoms with van der Waals surface area (Å²) in [6, 6.07) is 0. The molecule has 1 nitrogen and oxygen atoms in total. The normalized spacial score (nSPS) is 33.8. The minimum Gasteiger partial charge on any atom is -0.392 e. The van der Waals surface area contributed by atoms with E-state index in [9.17, 15) is 13.2 Å². The van der Waals surface area contributed by atoms with Crippen molar-refractivity contribution in [2.24, 2.45) is 5.92 Å². The molecule has 0 saturated heterocycles. The Morgan fingerprint density at radius 3 is 2.00 bits per heavy atom. The van der Waals surface area contributed by atoms with Crippen LogP contribution in [-0.4, -0.2) is 17.4 Å². The summed E-state index contributed by atoms with van der Waals surface area (Å²) in [6.45, 7) is 0. The van der Waals surface area contributed by atoms with Crippen LogP contribution in [0, 0.1) is 5.92 Å². The fourth-order valence-corrected chi connectivity index (χ4v) is 1.49. The summed E-state index contributed by atoms with van der Waals surface area (Å²) in [5.74, 6) is -1.48. The lowest BCUT2D eigenvalue weighted by Gasteiger charge is -2.29. The molecule has 1 aliphatic carbocycles. The van der Waals surface area contributed by atoms with Crippen LogP contribution in [0.3, 0.4) is 0 Å². The Labute approximate surface area is 63.2 Å². The van der Waals surface area contributed by atoms with Crippen molar-refractivity contribution in [1.82, 2.24) is 0 Å². The first-order chi connectivity index (χ1) is 5.02. The number of aliphatic hydroxyl groups is 1. The summed E-state index contributed by atoms with van der Waals surface area (Å²) < 4.78 is 36.1. The maximum atomic E-state index is 12.0. The summed E-state index contributed by atoms with van der Waals surface area (Å²) >= 11 is 0. The van der Waals surface area contributed by atoms with Crippen LogP contribution in [0.4, 0.5) is 13.2 Å². The average molecular weight is 168 g/mol. The van der Waals surface area contributed by atoms with Crippen LogP contribution in [0.1, 0.15) is 25.7 Å². The first-order valence-electron chi connectivity index (χ1n) is 3.76. The van der Waals surface area contributed by atoms with E-state index in [-0.39, 0.29) is 6.42 Å². The second-order valence-corrected chi connectivity index (χ2v) is 3.00. The first kappa shape index (κ1) is 8.84. The van der Waals surface area contributed by atoms with Crippen molar-refractivity contribution in [2.75, 3.05) is 0 Å². The van der Waals surface area contributed by atoms with Crippen molar-refractivity contribution >= 4 is 0 Å². The van der Waals surface area contributed by atoms with Crippen LogP contribution < -0.4 is 0 Å². The van der Waals surface area contributed by atoms with Gasteiger partial charge < -0.3 is 5.11 Å². The second kappa shape index (κ2) is 3.01. The van der Waals surface area contributed by atoms with Gasteiger partial charge in [0.2, 0.25) is 0 Å². The average Bonchev–Trinajstić information content (AvgIpc) is 1.86. The molecule has 1 saturated carbocycles. The maximum absolute atomic E-state index is 12.0. The van der Waals surface area contributed by atoms with Gasteiger partial charge in [-0.2, -0.15) is 13.2 Å². The topological polar surface area (TPSA) is 20.2 Å². The van der Waals surface area contributed by atoms with Crippen LogP contribution in [0.2, 0.25) is 0 Å². The van der Waals surface area contributed by atoms with E-state index < -0.39 is 18.2 Å². The molecule has 0 aromatic heterocycles. The molecule has 1 unspecified atom stereocenters. The van der Waals surface area contributed by atoms with Crippen molar-refractivity contribution < 1.29 is 18.3 Å². The molecule has 2 atom stereocenters. The number of rotatable bonds is 0. The Morgan fingerprint density at radius 2 is 1.64 bits per heavy atom. The number of hydrogen-bond acceptors (Lipinski definition) is 1. The molecule has 0 radical (unpaired) electrons. The Morgan fingerprint density at radius 1 is 1.09 bits per heavy atom. The number of halogens is 3. The Balaban J connectivity index is 2.55. The first-order valence-corrected chi connectivity index (χ1v) is 3.76. The molecule has 11 heavy (non-hydrogen) atoms. The number of alkyl halides is 3. The largest absolute Gasteiger partial charge is 0.394 e. The van der Waals surface area contributed by atoms with Gasteiger partial charge in [-0.15, -0.1) is 0 Å². The van der Waals surface area contributed by atoms with Gasteiger partial charge >= 0.3 is 6.18 Å². The van der Waals surface area contributed by atoms with Crippen LogP contribution in [0.25, 0.3) is 0 Å². The molecule has 0 aromatic rings. The van der Waals surface area contributed by atoms with Crippen molar-refractivity contribution in [3.05, 3.63) is 0 Å². The van der Waals surface area contributed by atoms with Gasteiger partial charge in [-0.05, 0) is 12.8 Å². The van der Waals surface area contributed by atoms with Crippen molar-refractivity contribution in [1.29, 1.82) is 0 Å². The predicted molar refractivity (Wildman–Crippen MR) is 34.0 cm³/mol. The third kappa shape index (κ3) is 2.09. The minimum absolute atomic E-state index is 0.0880. The van der Waals surface area contributed by atoms with E-state index in [0.29, 0.717) is 19.3 Å². The molecule has 1 N–H and O–H groups in total. The quantitative estimate of drug-likeness (QED) is 0.587. The van der Waals surface area contributed by atoms with Crippen LogP contribution >= 0.6 is 0 Å². The highest BCUT2D eigenvalue weighted by Crippen LogP contribution is 2.37. The third-order valence-corrected chi connectivity index (χ3v) is 2.15. The summed E-state index contributed by atoms with van der Waals surface area (Å²) in [6.07, 6.45) is -3.69. The van der Waals surface area contributed by atoms with Crippen molar-refractivity contribution in [3.8, 4) is 0 Å². The number of aliphatic hydroxyl groups excluding tert-OH is 1. The van der Waals surface area contributed by atoms with E-state index in [2.05, 4.69) is 0 Å². The predicted octanol–water partition coefficient (Wildman–Crippen LogP) is 2.10. The van der Waals surface area contributed by atoms with Crippen molar-refractivity contribution in [2.45, 2.75) is 38.0 Å². The molecule has 66 valence electrons. The zero-order valence-corrected chi connectivity index (χ0v) is 6.06. The van der Waals surface area contributed by atoms with E-state index in [1.165, 1.54) is 0 Å². The second-order valence-electron chi connectivity index (χ2n) is 3.00. The Bertz CT molecular complexity index is 132. The summed E-state index contributed by atoms with van der Waals surface area (Å²) in [5.41, 5.74) is 0. The van der Waals surface area contributed by atoms with Gasteiger partial charge in [-0.3, -0.25) is 0 Å². The van der Waals surface area contributed by atoms with E-state index in [0.717, 1.165) is 0 Å². The molecule has 1 aliphatic rings. The van der Waals surface area contributed by atoms with E-state index in [4.69, 9.17) is 5.11 Å². The van der Waals surface area contributed by atoms with Crippen LogP contribution in [0.15, 0.2) is 0 Å². The fraction of sp³-hybridized carbons (Fsp3) is 1.00. The summed E-state index contributed by atoms with van der Waals surface area (Å²) in [7, 11) is 0. The smallest absolute Gasteiger partial charge is 0.392 e. The van der Waals surface area contributed by atoms with Gasteiger partial charge in [-0.1, -0.05) is 12.8 Å². The van der Waals surface area contributed by atoms with Gasteiger partial charge in [-0.25, -0.2) is 0 Å². The Kier molecular flexibility index (Phi) is 2.42. The molecule has 1 fully saturated rings. The highest BCUT2D eigenvalue weighted by Gasteiger charge is 2.44. The van der Waals surface area contributed by atoms with E-state index in [1.54, 1.807) is 0 Å². The molecule has 1 rings (SSSR count). The minimum atomic E-state index is -4.21. The van der Waals surface area contributed by atoms with E-state index in [1.807, 2.05) is 0 Å². The zero-order valence-electron chi connectivity index (χ0n) is 6.06. The lowest BCUT2D eigenvalue weighted by atomic mass is 9.86. The van der Waals surface area contributed by atoms with Crippen molar-refractivity contribution in [3.63, 3.8) is 0 Å². The van der Waals surface area contributed by atoms with Crippen LogP contribution in [-0.2, 0) is 0 Å².